The highest BCUT2D eigenvalue weighted by molar-refractivity contribution is 5.78. The zero-order valence-electron chi connectivity index (χ0n) is 45.3. The Morgan fingerprint density at radius 1 is 0.558 bits per heavy atom. The molecule has 0 bridgehead atoms. The molecule has 15 nitrogen and oxygen atoms in total. The van der Waals surface area contributed by atoms with Crippen LogP contribution in [0.4, 0.5) is 31.1 Å². The molecule has 5 N–H and O–H groups in total. The van der Waals surface area contributed by atoms with Crippen molar-refractivity contribution in [3.8, 4) is 11.5 Å². The topological polar surface area (TPSA) is 216 Å². The van der Waals surface area contributed by atoms with Gasteiger partial charge in [-0.25, -0.2) is 14.4 Å². The average molecular weight is 1100 g/mol. The Morgan fingerprint density at radius 2 is 0.948 bits per heavy atom. The Labute approximate surface area is 447 Å². The lowest BCUT2D eigenvalue weighted by Crippen LogP contribution is -2.52. The molecular formula is C56H79F6N3O12. The third kappa shape index (κ3) is 17.3. The first-order valence-electron chi connectivity index (χ1n) is 26.8. The number of amides is 1. The van der Waals surface area contributed by atoms with Crippen LogP contribution in [-0.4, -0.2) is 105 Å². The van der Waals surface area contributed by atoms with E-state index in [1.807, 2.05) is 18.2 Å². The van der Waals surface area contributed by atoms with Gasteiger partial charge in [0.15, 0.2) is 0 Å². The highest BCUT2D eigenvalue weighted by atomic mass is 19.4. The molecule has 6 rings (SSSR count). The summed E-state index contributed by atoms with van der Waals surface area (Å²) in [6.45, 7) is 12.8. The number of ether oxygens (including phenoxy) is 4. The average Bonchev–Trinajstić information content (AvgIpc) is 3.37. The number of unbranched alkanes of at least 4 members (excludes halogenated alkanes) is 5. The number of carbonyl (C=O) groups is 6. The number of aliphatic carboxylic acids is 2. The van der Waals surface area contributed by atoms with E-state index in [1.54, 1.807) is 0 Å². The molecule has 0 aliphatic heterocycles. The molecule has 0 spiro atoms. The van der Waals surface area contributed by atoms with Crippen molar-refractivity contribution in [3.63, 3.8) is 0 Å². The predicted molar refractivity (Wildman–Crippen MR) is 273 cm³/mol. The van der Waals surface area contributed by atoms with E-state index in [9.17, 15) is 45.5 Å². The van der Waals surface area contributed by atoms with Gasteiger partial charge in [0.05, 0.1) is 25.0 Å². The summed E-state index contributed by atoms with van der Waals surface area (Å²) in [5, 5.41) is 24.1. The van der Waals surface area contributed by atoms with E-state index in [1.165, 1.54) is 62.2 Å². The number of carboxylic acids is 2. The smallest absolute Gasteiger partial charge is 0.475 e. The molecule has 0 radical (unpaired) electrons. The minimum absolute atomic E-state index is 0.109. The van der Waals surface area contributed by atoms with Crippen LogP contribution in [0.25, 0.3) is 0 Å². The van der Waals surface area contributed by atoms with Gasteiger partial charge in [0.2, 0.25) is 0 Å². The number of methoxy groups -OCH3 is 2. The Hall–Kier alpha value is -5.44. The molecule has 2 aromatic carbocycles. The van der Waals surface area contributed by atoms with E-state index in [4.69, 9.17) is 38.7 Å². The normalized spacial score (nSPS) is 24.3. The number of alkyl halides is 6. The minimum atomic E-state index is -5.08. The van der Waals surface area contributed by atoms with Crippen molar-refractivity contribution in [1.29, 1.82) is 0 Å². The van der Waals surface area contributed by atoms with Gasteiger partial charge in [0.1, 0.15) is 11.5 Å². The molecule has 0 aromatic heterocycles. The van der Waals surface area contributed by atoms with Crippen LogP contribution in [0, 0.1) is 22.7 Å². The second-order valence-corrected chi connectivity index (χ2v) is 21.7. The fraction of sp³-hybridized carbons (Fsp3) is 0.679. The molecule has 6 atom stereocenters. The van der Waals surface area contributed by atoms with Crippen LogP contribution in [-0.2, 0) is 57.1 Å². The third-order valence-electron chi connectivity index (χ3n) is 16.4. The van der Waals surface area contributed by atoms with Gasteiger partial charge in [-0.2, -0.15) is 26.3 Å². The Balaban J connectivity index is 0.000000805. The zero-order valence-corrected chi connectivity index (χ0v) is 45.3. The van der Waals surface area contributed by atoms with Gasteiger partial charge in [0.25, 0.3) is 0 Å². The largest absolute Gasteiger partial charge is 0.490 e. The monoisotopic (exact) mass is 1100 g/mol. The first-order chi connectivity index (χ1) is 36.2. The van der Waals surface area contributed by atoms with Gasteiger partial charge in [-0.3, -0.25) is 14.4 Å². The van der Waals surface area contributed by atoms with Crippen LogP contribution >= 0.6 is 0 Å². The van der Waals surface area contributed by atoms with Crippen molar-refractivity contribution < 1.29 is 84.3 Å². The van der Waals surface area contributed by atoms with Gasteiger partial charge in [0, 0.05) is 13.0 Å². The standard InChI is InChI=1S/C52H77N3O8.2C2HF3O2/c1-49-26-14-28-51(3,46(57)60-5)43(49)24-20-37-18-22-39(35-41(37)49)62-45(56)17-13-32-53-30-11-9-7-8-10-12-31-54-33-16-34-55-48(59)63-40-23-19-38-21-25-44-50(2,42(38)36-40)27-15-29-52(44,4)47(58)61-6;2*3-2(4,5)1(6)7/h18-19,22-23,35-36,43-44,53-54H,7-17,20-21,24-34H2,1-6H3,(H,55,59);2*(H,6,7)/t43-,44-,49-,50-,51+,52+;;/m1../s1. The number of halogens is 6. The lowest BCUT2D eigenvalue weighted by molar-refractivity contribution is -0.193. The predicted octanol–water partition coefficient (Wildman–Crippen LogP) is 10.7. The summed E-state index contributed by atoms with van der Waals surface area (Å²) >= 11 is 0. The van der Waals surface area contributed by atoms with Gasteiger partial charge in [-0.15, -0.1) is 0 Å². The molecule has 0 unspecified atom stereocenters. The molecular weight excluding hydrogens is 1020 g/mol. The van der Waals surface area contributed by atoms with E-state index in [0.29, 0.717) is 24.5 Å². The number of aryl methyl sites for hydroxylation is 2. The van der Waals surface area contributed by atoms with Gasteiger partial charge >= 0.3 is 48.3 Å². The molecule has 432 valence electrons. The van der Waals surface area contributed by atoms with Crippen molar-refractivity contribution in [2.24, 2.45) is 22.7 Å². The van der Waals surface area contributed by atoms with Gasteiger partial charge in [-0.1, -0.05) is 64.5 Å². The molecule has 1 amide bonds. The Kier molecular flexibility index (Phi) is 23.7. The Morgan fingerprint density at radius 3 is 1.36 bits per heavy atom. The van der Waals surface area contributed by atoms with Crippen molar-refractivity contribution in [1.82, 2.24) is 16.0 Å². The summed E-state index contributed by atoms with van der Waals surface area (Å²) in [5.41, 5.74) is 3.69. The molecule has 4 aliphatic carbocycles. The van der Waals surface area contributed by atoms with E-state index in [-0.39, 0.29) is 40.6 Å². The summed E-state index contributed by atoms with van der Waals surface area (Å²) < 4.78 is 85.5. The van der Waals surface area contributed by atoms with Crippen molar-refractivity contribution >= 4 is 35.9 Å². The number of nitrogens with one attached hydrogen (secondary N) is 3. The quantitative estimate of drug-likeness (QED) is 0.0340. The van der Waals surface area contributed by atoms with Crippen molar-refractivity contribution in [3.05, 3.63) is 58.7 Å². The van der Waals surface area contributed by atoms with Crippen LogP contribution in [0.1, 0.15) is 159 Å². The SMILES string of the molecule is COC(=O)[C@@]1(C)CCC[C@]2(C)c3cc(OC(=O)CCCNCCCCCCCCNCCCNC(=O)Oc4ccc5c(c4)[C@@]4(C)CCC[C@](C)(C(=O)OC)[C@@H]4CC5)ccc3CC[C@@H]12.O=C(O)C(F)(F)F.O=C(O)C(F)(F)F. The fourth-order valence-electron chi connectivity index (χ4n) is 12.5. The molecule has 2 fully saturated rings. The van der Waals surface area contributed by atoms with Crippen LogP contribution in [0.2, 0.25) is 0 Å². The molecule has 4 aliphatic rings. The maximum absolute atomic E-state index is 12.9. The number of rotatable bonds is 21. The second kappa shape index (κ2) is 28.4. The summed E-state index contributed by atoms with van der Waals surface area (Å²) in [6.07, 6.45) is 7.85. The third-order valence-corrected chi connectivity index (χ3v) is 16.4. The number of hydrogen-bond acceptors (Lipinski definition) is 12. The summed E-state index contributed by atoms with van der Waals surface area (Å²) in [7, 11) is 2.98. The van der Waals surface area contributed by atoms with Crippen LogP contribution in [0.15, 0.2) is 36.4 Å². The molecule has 0 saturated heterocycles. The fourth-order valence-corrected chi connectivity index (χ4v) is 12.5. The lowest BCUT2D eigenvalue weighted by atomic mass is 9.50. The number of hydrogen-bond donors (Lipinski definition) is 5. The number of esters is 3. The first kappa shape index (κ1) is 64.1. The minimum Gasteiger partial charge on any atom is -0.475 e. The van der Waals surface area contributed by atoms with E-state index in [0.717, 1.165) is 116 Å². The molecule has 2 saturated carbocycles. The van der Waals surface area contributed by atoms with Crippen LogP contribution in [0.5, 0.6) is 11.5 Å². The highest BCUT2D eigenvalue weighted by Crippen LogP contribution is 2.59. The van der Waals surface area contributed by atoms with Gasteiger partial charge < -0.3 is 45.1 Å². The highest BCUT2D eigenvalue weighted by Gasteiger charge is 2.57. The summed E-state index contributed by atoms with van der Waals surface area (Å²) in [6, 6.07) is 12.1. The first-order valence-corrected chi connectivity index (χ1v) is 26.8. The lowest BCUT2D eigenvalue weighted by Gasteiger charge is -2.54. The summed E-state index contributed by atoms with van der Waals surface area (Å²) in [4.78, 5) is 69.0. The van der Waals surface area contributed by atoms with E-state index < -0.39 is 41.2 Å². The second-order valence-electron chi connectivity index (χ2n) is 21.7. The summed E-state index contributed by atoms with van der Waals surface area (Å²) in [5.74, 6) is -4.41. The van der Waals surface area contributed by atoms with Crippen LogP contribution in [0.3, 0.4) is 0 Å². The van der Waals surface area contributed by atoms with E-state index in [2.05, 4.69) is 61.8 Å². The van der Waals surface area contributed by atoms with E-state index >= 15 is 0 Å². The molecule has 2 aromatic rings. The van der Waals surface area contributed by atoms with Crippen molar-refractivity contribution in [2.75, 3.05) is 46.9 Å². The number of carbonyl (C=O) groups excluding carboxylic acids is 4. The maximum Gasteiger partial charge on any atom is 0.490 e. The molecule has 21 heteroatoms. The number of carboxylic acid groups (broad SMARTS) is 2. The number of benzene rings is 2. The number of fused-ring (bicyclic) bond motifs is 6. The molecule has 0 heterocycles. The van der Waals surface area contributed by atoms with Crippen molar-refractivity contribution in [2.45, 2.75) is 173 Å². The van der Waals surface area contributed by atoms with Crippen LogP contribution < -0.4 is 25.4 Å². The van der Waals surface area contributed by atoms with Gasteiger partial charge in [-0.05, 0) is 186 Å². The molecule has 77 heavy (non-hydrogen) atoms. The Bertz CT molecular complexity index is 2170. The zero-order chi connectivity index (χ0) is 57.2. The maximum atomic E-state index is 12.9.